The van der Waals surface area contributed by atoms with E-state index in [1.54, 1.807) is 12.3 Å². The third-order valence-corrected chi connectivity index (χ3v) is 5.25. The number of halogens is 4. The lowest BCUT2D eigenvalue weighted by molar-refractivity contribution is -0.211. The minimum atomic E-state index is -4.29. The van der Waals surface area contributed by atoms with E-state index in [2.05, 4.69) is 10.1 Å². The van der Waals surface area contributed by atoms with E-state index in [1.807, 2.05) is 32.4 Å². The quantitative estimate of drug-likeness (QED) is 0.400. The molecule has 0 saturated heterocycles. The highest BCUT2D eigenvalue weighted by atomic mass is 35.5. The van der Waals surface area contributed by atoms with E-state index in [0.29, 0.717) is 23.7 Å². The monoisotopic (exact) mass is 448 g/mol. The lowest BCUT2D eigenvalue weighted by Crippen LogP contribution is -2.34. The number of hydrogen-bond acceptors (Lipinski definition) is 4. The zero-order valence-electron chi connectivity index (χ0n) is 18.0. The van der Waals surface area contributed by atoms with Crippen molar-refractivity contribution in [3.05, 3.63) is 39.1 Å². The summed E-state index contributed by atoms with van der Waals surface area (Å²) in [6.07, 6.45) is -2.10. The van der Waals surface area contributed by atoms with Crippen LogP contribution in [0.2, 0.25) is 5.02 Å². The zero-order valence-corrected chi connectivity index (χ0v) is 18.8. The summed E-state index contributed by atoms with van der Waals surface area (Å²) in [6.45, 7) is 11.0. The number of pyridine rings is 1. The van der Waals surface area contributed by atoms with Crippen LogP contribution in [0.3, 0.4) is 0 Å². The minimum absolute atomic E-state index is 0.108. The highest BCUT2D eigenvalue weighted by molar-refractivity contribution is 6.33. The topological polar surface area (TPSA) is 80.4 Å². The Morgan fingerprint density at radius 3 is 2.27 bits per heavy atom. The zero-order chi connectivity index (χ0) is 23.3. The average Bonchev–Trinajstić information content (AvgIpc) is 2.96. The Kier molecular flexibility index (Phi) is 8.83. The van der Waals surface area contributed by atoms with Crippen molar-refractivity contribution < 1.29 is 18.4 Å². The van der Waals surface area contributed by atoms with Crippen molar-refractivity contribution in [3.8, 4) is 11.3 Å². The summed E-state index contributed by atoms with van der Waals surface area (Å²) in [5.74, 6) is 0.108. The summed E-state index contributed by atoms with van der Waals surface area (Å²) < 4.78 is 41.6. The SMILES string of the molecule is CCc1nn(CC)c(-c2cnc(CC(C)(C)C(F)(F)F)cc2C(C)C)c1Cl.O=NO. The molecule has 0 fully saturated rings. The van der Waals surface area contributed by atoms with Gasteiger partial charge in [-0.1, -0.05) is 46.2 Å². The first-order chi connectivity index (χ1) is 13.8. The minimum Gasteiger partial charge on any atom is -0.379 e. The molecule has 168 valence electrons. The Bertz CT molecular complexity index is 864. The second-order valence-corrected chi connectivity index (χ2v) is 8.21. The van der Waals surface area contributed by atoms with E-state index >= 15 is 0 Å². The first-order valence-electron chi connectivity index (χ1n) is 9.62. The number of aromatic nitrogens is 3. The van der Waals surface area contributed by atoms with Crippen LogP contribution in [-0.2, 0) is 19.4 Å². The molecule has 0 aliphatic carbocycles. The molecule has 0 radical (unpaired) electrons. The molecular formula is C20H28ClF3N4O2. The van der Waals surface area contributed by atoms with Gasteiger partial charge in [-0.2, -0.15) is 18.3 Å². The molecule has 0 unspecified atom stereocenters. The van der Waals surface area contributed by atoms with Crippen LogP contribution in [0.4, 0.5) is 13.2 Å². The molecule has 0 atom stereocenters. The van der Waals surface area contributed by atoms with Gasteiger partial charge < -0.3 is 5.21 Å². The molecule has 0 amide bonds. The molecule has 0 bridgehead atoms. The molecule has 1 N–H and O–H groups in total. The summed E-state index contributed by atoms with van der Waals surface area (Å²) in [5, 5.41) is 13.0. The molecule has 2 aromatic rings. The lowest BCUT2D eigenvalue weighted by Gasteiger charge is -2.27. The maximum Gasteiger partial charge on any atom is 0.394 e. The first-order valence-corrected chi connectivity index (χ1v) is 10.00. The maximum absolute atomic E-state index is 13.3. The van der Waals surface area contributed by atoms with Crippen LogP contribution in [0.15, 0.2) is 17.6 Å². The molecular weight excluding hydrogens is 421 g/mol. The number of alkyl halides is 3. The van der Waals surface area contributed by atoms with Crippen molar-refractivity contribution in [2.75, 3.05) is 0 Å². The standard InChI is InChI=1S/C20H27ClF3N3.HNO2/c1-7-16-17(21)18(27(8-2)26-16)15-11-25-13(9-14(15)12(3)4)10-19(5,6)20(22,23)24;2-1-3/h9,11-12H,7-8,10H2,1-6H3;(H,2,3). The van der Waals surface area contributed by atoms with Crippen LogP contribution in [0, 0.1) is 10.3 Å². The normalized spacial score (nSPS) is 12.0. The molecule has 0 aromatic carbocycles. The van der Waals surface area contributed by atoms with Gasteiger partial charge in [-0.05, 0) is 30.9 Å². The van der Waals surface area contributed by atoms with Gasteiger partial charge in [-0.25, -0.2) is 0 Å². The van der Waals surface area contributed by atoms with Gasteiger partial charge in [0, 0.05) is 30.4 Å². The molecule has 0 aliphatic heterocycles. The fourth-order valence-corrected chi connectivity index (χ4v) is 3.41. The third-order valence-electron chi connectivity index (χ3n) is 4.86. The maximum atomic E-state index is 13.3. The van der Waals surface area contributed by atoms with E-state index < -0.39 is 11.6 Å². The number of nitrogens with zero attached hydrogens (tertiary/aromatic N) is 4. The van der Waals surface area contributed by atoms with E-state index in [0.717, 1.165) is 22.5 Å². The Morgan fingerprint density at radius 2 is 1.83 bits per heavy atom. The summed E-state index contributed by atoms with van der Waals surface area (Å²) in [5.41, 5.74) is 1.95. The molecule has 0 spiro atoms. The molecule has 2 heterocycles. The Morgan fingerprint density at radius 1 is 1.27 bits per heavy atom. The fourth-order valence-electron chi connectivity index (χ4n) is 3.04. The van der Waals surface area contributed by atoms with Crippen molar-refractivity contribution in [2.24, 2.45) is 10.8 Å². The van der Waals surface area contributed by atoms with Crippen molar-refractivity contribution in [1.29, 1.82) is 0 Å². The summed E-state index contributed by atoms with van der Waals surface area (Å²) in [7, 11) is 0. The van der Waals surface area contributed by atoms with Crippen LogP contribution in [0.5, 0.6) is 0 Å². The fraction of sp³-hybridized carbons (Fsp3) is 0.600. The molecule has 2 rings (SSSR count). The second-order valence-electron chi connectivity index (χ2n) is 7.84. The average molecular weight is 449 g/mol. The molecule has 0 saturated carbocycles. The first kappa shape index (κ1) is 25.9. The smallest absolute Gasteiger partial charge is 0.379 e. The number of aryl methyl sites for hydroxylation is 2. The lowest BCUT2D eigenvalue weighted by atomic mass is 9.85. The van der Waals surface area contributed by atoms with Gasteiger partial charge in [0.1, 0.15) is 0 Å². The summed E-state index contributed by atoms with van der Waals surface area (Å²) in [6, 6.07) is 1.78. The van der Waals surface area contributed by atoms with Gasteiger partial charge in [0.2, 0.25) is 0 Å². The van der Waals surface area contributed by atoms with E-state index in [9.17, 15) is 13.2 Å². The van der Waals surface area contributed by atoms with Gasteiger partial charge >= 0.3 is 6.18 Å². The van der Waals surface area contributed by atoms with E-state index in [-0.39, 0.29) is 12.3 Å². The predicted molar refractivity (Wildman–Crippen MR) is 111 cm³/mol. The third kappa shape index (κ3) is 5.71. The predicted octanol–water partition coefficient (Wildman–Crippen LogP) is 6.58. The molecule has 6 nitrogen and oxygen atoms in total. The number of rotatable bonds is 6. The Balaban J connectivity index is 0.00000141. The highest BCUT2D eigenvalue weighted by Gasteiger charge is 2.47. The van der Waals surface area contributed by atoms with Crippen molar-refractivity contribution in [3.63, 3.8) is 0 Å². The van der Waals surface area contributed by atoms with Crippen LogP contribution in [0.1, 0.15) is 64.4 Å². The van der Waals surface area contributed by atoms with Crippen molar-refractivity contribution >= 4 is 11.6 Å². The Hall–Kier alpha value is -2.16. The Labute approximate surface area is 179 Å². The van der Waals surface area contributed by atoms with Crippen molar-refractivity contribution in [1.82, 2.24) is 14.8 Å². The van der Waals surface area contributed by atoms with Gasteiger partial charge in [0.25, 0.3) is 0 Å². The van der Waals surface area contributed by atoms with Crippen LogP contribution in [0.25, 0.3) is 11.3 Å². The molecule has 2 aromatic heterocycles. The molecule has 10 heteroatoms. The van der Waals surface area contributed by atoms with E-state index in [4.69, 9.17) is 21.7 Å². The van der Waals surface area contributed by atoms with E-state index in [1.165, 1.54) is 19.2 Å². The summed E-state index contributed by atoms with van der Waals surface area (Å²) in [4.78, 5) is 12.5. The van der Waals surface area contributed by atoms with Gasteiger partial charge in [-0.15, -0.1) is 4.91 Å². The van der Waals surface area contributed by atoms with Gasteiger partial charge in [0.15, 0.2) is 5.34 Å². The second kappa shape index (κ2) is 10.2. The van der Waals surface area contributed by atoms with Crippen LogP contribution >= 0.6 is 11.6 Å². The summed E-state index contributed by atoms with van der Waals surface area (Å²) >= 11 is 6.57. The molecule has 0 aliphatic rings. The van der Waals surface area contributed by atoms with Crippen LogP contribution in [-0.4, -0.2) is 26.1 Å². The largest absolute Gasteiger partial charge is 0.394 e. The number of hydrogen-bond donors (Lipinski definition) is 1. The van der Waals surface area contributed by atoms with Crippen molar-refractivity contribution in [2.45, 2.75) is 73.0 Å². The highest BCUT2D eigenvalue weighted by Crippen LogP contribution is 2.41. The van der Waals surface area contributed by atoms with Crippen LogP contribution < -0.4 is 0 Å². The molecule has 30 heavy (non-hydrogen) atoms. The van der Waals surface area contributed by atoms with Gasteiger partial charge in [0.05, 0.1) is 21.8 Å². The van der Waals surface area contributed by atoms with Gasteiger partial charge in [-0.3, -0.25) is 9.67 Å².